The van der Waals surface area contributed by atoms with Crippen molar-refractivity contribution in [3.63, 3.8) is 0 Å². The molecule has 2 aliphatic rings. The van der Waals surface area contributed by atoms with Crippen molar-refractivity contribution in [3.05, 3.63) is 71.2 Å². The molecule has 3 heterocycles. The number of anilines is 1. The van der Waals surface area contributed by atoms with Crippen LogP contribution in [0.4, 0.5) is 10.3 Å². The molecule has 2 aliphatic heterocycles. The molecule has 1 saturated heterocycles. The van der Waals surface area contributed by atoms with Crippen LogP contribution in [0.5, 0.6) is 17.4 Å². The molecule has 0 spiro atoms. The van der Waals surface area contributed by atoms with Crippen molar-refractivity contribution in [2.45, 2.75) is 32.2 Å². The lowest BCUT2D eigenvalue weighted by molar-refractivity contribution is 0.0728. The Morgan fingerprint density at radius 1 is 0.941 bits per heavy atom. The van der Waals surface area contributed by atoms with Crippen molar-refractivity contribution < 1.29 is 18.7 Å². The fourth-order valence-electron chi connectivity index (χ4n) is 4.49. The van der Waals surface area contributed by atoms with E-state index in [9.17, 15) is 9.18 Å². The Balaban J connectivity index is 1.50. The highest BCUT2D eigenvalue weighted by Crippen LogP contribution is 2.34. The highest BCUT2D eigenvalue weighted by molar-refractivity contribution is 5.97. The number of benzene rings is 2. The van der Waals surface area contributed by atoms with Crippen molar-refractivity contribution in [2.75, 3.05) is 31.6 Å². The molecule has 7 nitrogen and oxygen atoms in total. The lowest BCUT2D eigenvalue weighted by Crippen LogP contribution is -2.38. The Labute approximate surface area is 198 Å². The molecule has 3 aromatic rings. The number of amides is 1. The van der Waals surface area contributed by atoms with Crippen LogP contribution in [-0.2, 0) is 13.0 Å². The summed E-state index contributed by atoms with van der Waals surface area (Å²) >= 11 is 0. The smallest absolute Gasteiger partial charge is 0.257 e. The van der Waals surface area contributed by atoms with Crippen molar-refractivity contribution in [2.24, 2.45) is 0 Å². The molecule has 0 atom stereocenters. The summed E-state index contributed by atoms with van der Waals surface area (Å²) in [7, 11) is 1.55. The minimum atomic E-state index is -0.466. The molecule has 0 radical (unpaired) electrons. The van der Waals surface area contributed by atoms with Crippen LogP contribution in [0.1, 0.15) is 40.9 Å². The normalized spacial score (nSPS) is 15.6. The second-order valence-corrected chi connectivity index (χ2v) is 8.51. The van der Waals surface area contributed by atoms with Gasteiger partial charge in [0.25, 0.3) is 5.91 Å². The third kappa shape index (κ3) is 4.40. The molecule has 176 valence electrons. The van der Waals surface area contributed by atoms with Crippen LogP contribution in [0.25, 0.3) is 0 Å². The molecule has 5 rings (SSSR count). The van der Waals surface area contributed by atoms with Crippen molar-refractivity contribution in [1.29, 1.82) is 0 Å². The number of methoxy groups -OCH3 is 1. The number of hydrogen-bond acceptors (Lipinski definition) is 6. The zero-order chi connectivity index (χ0) is 23.5. The first-order chi connectivity index (χ1) is 16.6. The van der Waals surface area contributed by atoms with Crippen LogP contribution in [0.15, 0.2) is 48.5 Å². The summed E-state index contributed by atoms with van der Waals surface area (Å²) in [4.78, 5) is 26.8. The maximum atomic E-state index is 14.4. The Kier molecular flexibility index (Phi) is 6.29. The minimum absolute atomic E-state index is 0.0983. The van der Waals surface area contributed by atoms with E-state index in [4.69, 9.17) is 19.4 Å². The zero-order valence-electron chi connectivity index (χ0n) is 19.2. The van der Waals surface area contributed by atoms with Gasteiger partial charge in [-0.1, -0.05) is 24.3 Å². The van der Waals surface area contributed by atoms with E-state index >= 15 is 0 Å². The predicted molar refractivity (Wildman–Crippen MR) is 126 cm³/mol. The van der Waals surface area contributed by atoms with Gasteiger partial charge < -0.3 is 19.3 Å². The highest BCUT2D eigenvalue weighted by atomic mass is 19.1. The quantitative estimate of drug-likeness (QED) is 0.552. The number of halogens is 1. The first kappa shape index (κ1) is 22.1. The van der Waals surface area contributed by atoms with E-state index < -0.39 is 5.82 Å². The average molecular weight is 463 g/mol. The number of nitrogens with zero attached hydrogens (tertiary/aromatic N) is 4. The van der Waals surface area contributed by atoms with Crippen LogP contribution in [0.2, 0.25) is 0 Å². The van der Waals surface area contributed by atoms with Crippen LogP contribution in [-0.4, -0.2) is 47.5 Å². The highest BCUT2D eigenvalue weighted by Gasteiger charge is 2.30. The number of rotatable bonds is 5. The molecular weight excluding hydrogens is 435 g/mol. The number of ether oxygens (including phenoxy) is 2. The summed E-state index contributed by atoms with van der Waals surface area (Å²) in [5, 5.41) is 0. The van der Waals surface area contributed by atoms with Gasteiger partial charge in [0.2, 0.25) is 11.8 Å². The molecule has 1 aromatic heterocycles. The summed E-state index contributed by atoms with van der Waals surface area (Å²) in [6.45, 7) is 2.56. The summed E-state index contributed by atoms with van der Waals surface area (Å²) in [5.74, 6) is 0.925. The van der Waals surface area contributed by atoms with Gasteiger partial charge in [0.1, 0.15) is 5.75 Å². The molecule has 8 heteroatoms. The van der Waals surface area contributed by atoms with Gasteiger partial charge in [-0.2, -0.15) is 4.98 Å². The maximum absolute atomic E-state index is 14.4. The monoisotopic (exact) mass is 462 g/mol. The Hall–Kier alpha value is -3.68. The van der Waals surface area contributed by atoms with Crippen LogP contribution >= 0.6 is 0 Å². The third-order valence-electron chi connectivity index (χ3n) is 6.32. The van der Waals surface area contributed by atoms with Gasteiger partial charge in [-0.3, -0.25) is 4.79 Å². The molecule has 34 heavy (non-hydrogen) atoms. The van der Waals surface area contributed by atoms with E-state index in [1.165, 1.54) is 12.5 Å². The van der Waals surface area contributed by atoms with E-state index in [-0.39, 0.29) is 18.2 Å². The first-order valence-corrected chi connectivity index (χ1v) is 11.6. The largest absolute Gasteiger partial charge is 0.496 e. The van der Waals surface area contributed by atoms with Gasteiger partial charge in [0.05, 0.1) is 30.5 Å². The van der Waals surface area contributed by atoms with Gasteiger partial charge in [-0.25, -0.2) is 9.37 Å². The maximum Gasteiger partial charge on any atom is 0.257 e. The summed E-state index contributed by atoms with van der Waals surface area (Å²) in [6.07, 6.45) is 3.93. The SMILES string of the molecule is COc1ccccc1C(=O)N1CCc2nc(N3CCCCC3)nc(Oc3ccccc3F)c2C1. The molecule has 0 aliphatic carbocycles. The van der Waals surface area contributed by atoms with E-state index in [1.807, 2.05) is 12.1 Å². The summed E-state index contributed by atoms with van der Waals surface area (Å²) in [5.41, 5.74) is 2.04. The third-order valence-corrected chi connectivity index (χ3v) is 6.32. The number of aromatic nitrogens is 2. The van der Waals surface area contributed by atoms with Crippen molar-refractivity contribution >= 4 is 11.9 Å². The van der Waals surface area contributed by atoms with Crippen molar-refractivity contribution in [3.8, 4) is 17.4 Å². The van der Waals surface area contributed by atoms with Gasteiger partial charge in [0.15, 0.2) is 11.6 Å². The fourth-order valence-corrected chi connectivity index (χ4v) is 4.49. The number of piperidine rings is 1. The minimum Gasteiger partial charge on any atom is -0.496 e. The fraction of sp³-hybridized carbons (Fsp3) is 0.346. The Morgan fingerprint density at radius 2 is 1.68 bits per heavy atom. The van der Waals surface area contributed by atoms with Crippen molar-refractivity contribution in [1.82, 2.24) is 14.9 Å². The lowest BCUT2D eigenvalue weighted by Gasteiger charge is -2.32. The molecule has 2 aromatic carbocycles. The van der Waals surface area contributed by atoms with Crippen LogP contribution in [0.3, 0.4) is 0 Å². The Bertz CT molecular complexity index is 1200. The molecule has 0 bridgehead atoms. The average Bonchev–Trinajstić information content (AvgIpc) is 2.89. The second kappa shape index (κ2) is 9.67. The number of hydrogen-bond donors (Lipinski definition) is 0. The van der Waals surface area contributed by atoms with Gasteiger partial charge >= 0.3 is 0 Å². The topological polar surface area (TPSA) is 67.8 Å². The molecule has 1 amide bonds. The van der Waals surface area contributed by atoms with E-state index in [2.05, 4.69) is 4.90 Å². The number of carbonyl (C=O) groups excluding carboxylic acids is 1. The summed E-state index contributed by atoms with van der Waals surface area (Å²) < 4.78 is 25.8. The van der Waals surface area contributed by atoms with Gasteiger partial charge in [-0.05, 0) is 43.5 Å². The lowest BCUT2D eigenvalue weighted by atomic mass is 10.0. The van der Waals surface area contributed by atoms with E-state index in [1.54, 1.807) is 42.3 Å². The van der Waals surface area contributed by atoms with Crippen LogP contribution in [0, 0.1) is 5.82 Å². The first-order valence-electron chi connectivity index (χ1n) is 11.6. The molecule has 1 fully saturated rings. The van der Waals surface area contributed by atoms with Gasteiger partial charge in [-0.15, -0.1) is 0 Å². The second-order valence-electron chi connectivity index (χ2n) is 8.51. The molecular formula is C26H27FN4O3. The standard InChI is InChI=1S/C26H27FN4O3/c1-33-22-11-5-3-9-18(22)25(32)31-16-13-21-19(17-31)24(34-23-12-6-4-10-20(23)27)29-26(28-21)30-14-7-2-8-15-30/h3-6,9-12H,2,7-8,13-17H2,1H3. The van der Waals surface area contributed by atoms with Crippen LogP contribution < -0.4 is 14.4 Å². The summed E-state index contributed by atoms with van der Waals surface area (Å²) in [6, 6.07) is 13.4. The predicted octanol–water partition coefficient (Wildman–Crippen LogP) is 4.61. The van der Waals surface area contributed by atoms with E-state index in [0.717, 1.165) is 31.6 Å². The number of para-hydroxylation sites is 2. The number of fused-ring (bicyclic) bond motifs is 1. The molecule has 0 N–H and O–H groups in total. The number of carbonyl (C=O) groups is 1. The van der Waals surface area contributed by atoms with E-state index in [0.29, 0.717) is 41.7 Å². The molecule has 0 saturated carbocycles. The Morgan fingerprint density at radius 3 is 2.44 bits per heavy atom. The zero-order valence-corrected chi connectivity index (χ0v) is 19.2. The molecule has 0 unspecified atom stereocenters. The van der Waals surface area contributed by atoms with Gasteiger partial charge in [0, 0.05) is 26.1 Å².